The van der Waals surface area contributed by atoms with Crippen molar-refractivity contribution in [2.24, 2.45) is 5.84 Å². The maximum atomic E-state index is 11.5. The number of hydrazine groups is 1. The van der Waals surface area contributed by atoms with E-state index in [2.05, 4.69) is 17.4 Å². The number of carbonyl (C=O) groups is 1. The third-order valence-electron chi connectivity index (χ3n) is 3.57. The molecule has 3 N–H and O–H groups in total. The minimum Gasteiger partial charge on any atom is -0.381 e. The Morgan fingerprint density at radius 3 is 2.89 bits per heavy atom. The maximum absolute atomic E-state index is 11.5. The highest BCUT2D eigenvalue weighted by Gasteiger charge is 2.18. The van der Waals surface area contributed by atoms with Gasteiger partial charge in [0.2, 0.25) is 0 Å². The number of hydrogen-bond acceptors (Lipinski definition) is 4. The van der Waals surface area contributed by atoms with E-state index in [4.69, 9.17) is 10.6 Å². The van der Waals surface area contributed by atoms with Crippen LogP contribution in [0.3, 0.4) is 0 Å². The van der Waals surface area contributed by atoms with Crippen molar-refractivity contribution in [1.29, 1.82) is 0 Å². The normalized spacial score (nSPS) is 16.6. The van der Waals surface area contributed by atoms with Crippen LogP contribution < -0.4 is 11.3 Å². The Hall–Kier alpha value is -1.43. The van der Waals surface area contributed by atoms with Crippen LogP contribution in [-0.2, 0) is 11.3 Å². The Bertz CT molecular complexity index is 430. The average molecular weight is 263 g/mol. The minimum absolute atomic E-state index is 0.254. The van der Waals surface area contributed by atoms with Crippen molar-refractivity contribution in [3.63, 3.8) is 0 Å². The molecule has 1 amide bonds. The van der Waals surface area contributed by atoms with Crippen LogP contribution in [0.4, 0.5) is 0 Å². The Labute approximate surface area is 113 Å². The van der Waals surface area contributed by atoms with Gasteiger partial charge in [-0.25, -0.2) is 5.84 Å². The first-order valence-corrected chi connectivity index (χ1v) is 6.58. The van der Waals surface area contributed by atoms with E-state index in [0.717, 1.165) is 38.2 Å². The molecule has 1 aromatic carbocycles. The van der Waals surface area contributed by atoms with E-state index in [1.165, 1.54) is 0 Å². The fraction of sp³-hybridized carbons (Fsp3) is 0.500. The van der Waals surface area contributed by atoms with E-state index >= 15 is 0 Å². The summed E-state index contributed by atoms with van der Waals surface area (Å²) in [5, 5.41) is 0. The smallest absolute Gasteiger partial charge is 0.265 e. The van der Waals surface area contributed by atoms with Crippen LogP contribution >= 0.6 is 0 Å². The summed E-state index contributed by atoms with van der Waals surface area (Å²) in [6.45, 7) is 2.51. The second-order valence-corrected chi connectivity index (χ2v) is 4.93. The average Bonchev–Trinajstić information content (AvgIpc) is 2.47. The molecule has 1 aromatic rings. The molecule has 1 heterocycles. The zero-order valence-electron chi connectivity index (χ0n) is 11.3. The molecule has 1 aliphatic heterocycles. The highest BCUT2D eigenvalue weighted by Crippen LogP contribution is 2.16. The van der Waals surface area contributed by atoms with Crippen molar-refractivity contribution >= 4 is 5.91 Å². The molecule has 1 saturated heterocycles. The van der Waals surface area contributed by atoms with E-state index in [1.807, 2.05) is 18.2 Å². The van der Waals surface area contributed by atoms with Crippen LogP contribution in [0.5, 0.6) is 0 Å². The first-order valence-electron chi connectivity index (χ1n) is 6.58. The molecule has 0 saturated carbocycles. The van der Waals surface area contributed by atoms with Crippen LogP contribution in [0.2, 0.25) is 0 Å². The van der Waals surface area contributed by atoms with E-state index in [9.17, 15) is 4.79 Å². The number of amides is 1. The molecule has 0 aromatic heterocycles. The van der Waals surface area contributed by atoms with Crippen LogP contribution in [-0.4, -0.2) is 37.1 Å². The molecule has 19 heavy (non-hydrogen) atoms. The van der Waals surface area contributed by atoms with Crippen LogP contribution in [0, 0.1) is 0 Å². The summed E-state index contributed by atoms with van der Waals surface area (Å²) in [4.78, 5) is 13.8. The van der Waals surface area contributed by atoms with Gasteiger partial charge < -0.3 is 4.74 Å². The zero-order chi connectivity index (χ0) is 13.7. The highest BCUT2D eigenvalue weighted by molar-refractivity contribution is 5.93. The summed E-state index contributed by atoms with van der Waals surface area (Å²) in [5.41, 5.74) is 3.87. The lowest BCUT2D eigenvalue weighted by Gasteiger charge is -2.31. The Morgan fingerprint density at radius 2 is 2.21 bits per heavy atom. The number of nitrogen functional groups attached to an aromatic ring is 1. The number of ether oxygens (including phenoxy) is 1. The van der Waals surface area contributed by atoms with Crippen LogP contribution in [0.1, 0.15) is 28.8 Å². The number of rotatable bonds is 4. The Balaban J connectivity index is 1.99. The Morgan fingerprint density at radius 1 is 1.47 bits per heavy atom. The fourth-order valence-corrected chi connectivity index (χ4v) is 2.44. The monoisotopic (exact) mass is 263 g/mol. The summed E-state index contributed by atoms with van der Waals surface area (Å²) >= 11 is 0. The molecular weight excluding hydrogens is 242 g/mol. The summed E-state index contributed by atoms with van der Waals surface area (Å²) in [7, 11) is 2.12. The fourth-order valence-electron chi connectivity index (χ4n) is 2.44. The van der Waals surface area contributed by atoms with Crippen molar-refractivity contribution < 1.29 is 9.53 Å². The van der Waals surface area contributed by atoms with Gasteiger partial charge in [0.1, 0.15) is 0 Å². The quantitative estimate of drug-likeness (QED) is 0.481. The van der Waals surface area contributed by atoms with Gasteiger partial charge in [0, 0.05) is 31.4 Å². The lowest BCUT2D eigenvalue weighted by atomic mass is 10.1. The van der Waals surface area contributed by atoms with Crippen molar-refractivity contribution in [3.8, 4) is 0 Å². The highest BCUT2D eigenvalue weighted by atomic mass is 16.5. The number of carbonyl (C=O) groups excluding carboxylic acids is 1. The lowest BCUT2D eigenvalue weighted by Crippen LogP contribution is -2.36. The molecular formula is C14H21N3O2. The molecule has 0 radical (unpaired) electrons. The molecule has 2 rings (SSSR count). The third-order valence-corrected chi connectivity index (χ3v) is 3.57. The van der Waals surface area contributed by atoms with Crippen molar-refractivity contribution in [1.82, 2.24) is 10.3 Å². The van der Waals surface area contributed by atoms with Gasteiger partial charge in [-0.1, -0.05) is 12.1 Å². The second kappa shape index (κ2) is 6.65. The van der Waals surface area contributed by atoms with Gasteiger partial charge in [-0.3, -0.25) is 15.1 Å². The zero-order valence-corrected chi connectivity index (χ0v) is 11.3. The van der Waals surface area contributed by atoms with E-state index in [0.29, 0.717) is 11.6 Å². The summed E-state index contributed by atoms with van der Waals surface area (Å²) in [5.74, 6) is 4.89. The first-order chi connectivity index (χ1) is 9.20. The molecule has 1 aliphatic rings. The van der Waals surface area contributed by atoms with Crippen molar-refractivity contribution in [2.75, 3.05) is 20.3 Å². The molecule has 5 nitrogen and oxygen atoms in total. The van der Waals surface area contributed by atoms with Gasteiger partial charge in [0.05, 0.1) is 0 Å². The van der Waals surface area contributed by atoms with Gasteiger partial charge >= 0.3 is 0 Å². The predicted octanol–water partition coefficient (Wildman–Crippen LogP) is 0.901. The van der Waals surface area contributed by atoms with Gasteiger partial charge in [-0.05, 0) is 37.6 Å². The minimum atomic E-state index is -0.254. The second-order valence-electron chi connectivity index (χ2n) is 4.93. The van der Waals surface area contributed by atoms with Crippen LogP contribution in [0.25, 0.3) is 0 Å². The molecule has 0 aliphatic carbocycles. The SMILES string of the molecule is CN(Cc1cccc(C(=O)NN)c1)C1CCOCC1. The standard InChI is InChI=1S/C14H21N3O2/c1-17(13-5-7-19-8-6-13)10-11-3-2-4-12(9-11)14(18)16-15/h2-4,9,13H,5-8,10,15H2,1H3,(H,16,18). The van der Waals surface area contributed by atoms with Gasteiger partial charge in [0.25, 0.3) is 5.91 Å². The van der Waals surface area contributed by atoms with E-state index in [1.54, 1.807) is 6.07 Å². The largest absolute Gasteiger partial charge is 0.381 e. The molecule has 0 unspecified atom stereocenters. The number of nitrogens with one attached hydrogen (secondary N) is 1. The van der Waals surface area contributed by atoms with E-state index in [-0.39, 0.29) is 5.91 Å². The first kappa shape index (κ1) is 14.0. The summed E-state index contributed by atoms with van der Waals surface area (Å²) in [6, 6.07) is 8.12. The third kappa shape index (κ3) is 3.76. The molecule has 5 heteroatoms. The van der Waals surface area contributed by atoms with Gasteiger partial charge in [0.15, 0.2) is 0 Å². The topological polar surface area (TPSA) is 67.6 Å². The summed E-state index contributed by atoms with van der Waals surface area (Å²) in [6.07, 6.45) is 2.14. The molecule has 0 spiro atoms. The van der Waals surface area contributed by atoms with Gasteiger partial charge in [-0.15, -0.1) is 0 Å². The molecule has 0 bridgehead atoms. The number of hydrogen-bond donors (Lipinski definition) is 2. The summed E-state index contributed by atoms with van der Waals surface area (Å²) < 4.78 is 5.37. The van der Waals surface area contributed by atoms with Crippen molar-refractivity contribution in [2.45, 2.75) is 25.4 Å². The van der Waals surface area contributed by atoms with Gasteiger partial charge in [-0.2, -0.15) is 0 Å². The Kier molecular flexibility index (Phi) is 4.90. The number of nitrogens with two attached hydrogens (primary N) is 1. The predicted molar refractivity (Wildman–Crippen MR) is 73.4 cm³/mol. The molecule has 1 fully saturated rings. The number of benzene rings is 1. The van der Waals surface area contributed by atoms with Crippen molar-refractivity contribution in [3.05, 3.63) is 35.4 Å². The number of nitrogens with zero attached hydrogens (tertiary/aromatic N) is 1. The van der Waals surface area contributed by atoms with E-state index < -0.39 is 0 Å². The molecule has 0 atom stereocenters. The van der Waals surface area contributed by atoms with Crippen LogP contribution in [0.15, 0.2) is 24.3 Å². The lowest BCUT2D eigenvalue weighted by molar-refractivity contribution is 0.0407. The maximum Gasteiger partial charge on any atom is 0.265 e. The molecule has 104 valence electrons.